The molecular weight excluding hydrogens is 635 g/mol. The van der Waals surface area contributed by atoms with Crippen molar-refractivity contribution in [1.82, 2.24) is 24.5 Å². The maximum absolute atomic E-state index is 13.5. The number of rotatable bonds is 15. The number of nitrogens with zero attached hydrogens (tertiary/aromatic N) is 5. The average Bonchev–Trinajstić information content (AvgIpc) is 3.65. The molecule has 0 bridgehead atoms. The fraction of sp³-hybridized carbons (Fsp3) is 0.312. The number of hydrogen-bond acceptors (Lipinski definition) is 7. The topological polar surface area (TPSA) is 150 Å². The molecule has 11 nitrogen and oxygen atoms in total. The highest BCUT2D eigenvalue weighted by Crippen LogP contribution is 2.40. The van der Waals surface area contributed by atoms with Gasteiger partial charge in [-0.2, -0.15) is 19.0 Å². The normalized spacial score (nSPS) is 12.8. The minimum atomic E-state index is -3.13. The van der Waals surface area contributed by atoms with Crippen molar-refractivity contribution in [3.8, 4) is 28.1 Å². The molecule has 0 saturated heterocycles. The first-order valence-electron chi connectivity index (χ1n) is 14.9. The van der Waals surface area contributed by atoms with E-state index in [0.29, 0.717) is 40.7 Å². The average molecular weight is 670 g/mol. The number of ether oxygens (including phenoxy) is 1. The molecular formula is C32H34F3N7O4S. The number of aryl methyl sites for hydroxylation is 2. The van der Waals surface area contributed by atoms with Crippen molar-refractivity contribution < 1.29 is 32.0 Å². The van der Waals surface area contributed by atoms with Gasteiger partial charge in [0.05, 0.1) is 22.8 Å². The zero-order chi connectivity index (χ0) is 33.7. The number of nitrogen functional groups attached to an aromatic ring is 1. The standard InChI is InChI=1S/C32H34F3N7O4S/c1-19(20-8-11-23(33)12-9-20)46-26-15-21(10-13-25(26)40-47(45)32(34)35)29-28-30(41(2)39-29)24(17-37-31(28)36)22-16-38-42(18-22)14-6-4-3-5-7-27(43)44/h8-13,15-19,32,40H,3-7,14H2,1-2H3,(H2,36,37)(H,43,44). The number of carboxylic acids is 1. The second-order valence-corrected chi connectivity index (χ2v) is 12.1. The van der Waals surface area contributed by atoms with E-state index in [0.717, 1.165) is 30.4 Å². The van der Waals surface area contributed by atoms with Crippen LogP contribution in [-0.2, 0) is 29.4 Å². The van der Waals surface area contributed by atoms with Gasteiger partial charge in [0.2, 0.25) is 0 Å². The molecule has 3 aromatic heterocycles. The summed E-state index contributed by atoms with van der Waals surface area (Å²) in [7, 11) is -0.919. The van der Waals surface area contributed by atoms with E-state index in [1.54, 1.807) is 55.3 Å². The molecule has 47 heavy (non-hydrogen) atoms. The Morgan fingerprint density at radius 3 is 2.55 bits per heavy atom. The van der Waals surface area contributed by atoms with E-state index in [-0.39, 0.29) is 23.7 Å². The highest BCUT2D eigenvalue weighted by molar-refractivity contribution is 7.86. The third-order valence-corrected chi connectivity index (χ3v) is 8.38. The van der Waals surface area contributed by atoms with Crippen LogP contribution in [0.4, 0.5) is 24.7 Å². The molecule has 5 rings (SSSR count). The molecule has 5 aromatic rings. The first-order valence-corrected chi connectivity index (χ1v) is 16.1. The number of pyridine rings is 1. The van der Waals surface area contributed by atoms with Gasteiger partial charge in [-0.1, -0.05) is 31.0 Å². The monoisotopic (exact) mass is 669 g/mol. The first-order chi connectivity index (χ1) is 22.5. The van der Waals surface area contributed by atoms with Crippen LogP contribution in [0.2, 0.25) is 0 Å². The van der Waals surface area contributed by atoms with Crippen LogP contribution in [0.3, 0.4) is 0 Å². The molecule has 0 amide bonds. The first kappa shape index (κ1) is 33.4. The number of carbonyl (C=O) groups is 1. The highest BCUT2D eigenvalue weighted by atomic mass is 32.2. The Kier molecular flexibility index (Phi) is 10.4. The molecule has 0 fully saturated rings. The number of unbranched alkanes of at least 4 members (excludes halogenated alkanes) is 3. The van der Waals surface area contributed by atoms with E-state index in [2.05, 4.69) is 14.8 Å². The summed E-state index contributed by atoms with van der Waals surface area (Å²) >= 11 is 0. The number of carboxylic acid groups (broad SMARTS) is 1. The lowest BCUT2D eigenvalue weighted by atomic mass is 10.0. The van der Waals surface area contributed by atoms with Crippen LogP contribution < -0.4 is 15.2 Å². The molecule has 2 atom stereocenters. The number of halogens is 3. The Balaban J connectivity index is 1.46. The molecule has 0 aliphatic carbocycles. The van der Waals surface area contributed by atoms with Crippen LogP contribution in [0, 0.1) is 5.82 Å². The minimum Gasteiger partial charge on any atom is -0.484 e. The van der Waals surface area contributed by atoms with E-state index < -0.39 is 34.6 Å². The lowest BCUT2D eigenvalue weighted by molar-refractivity contribution is -0.137. The molecule has 15 heteroatoms. The number of aliphatic carboxylic acids is 1. The molecule has 0 aliphatic heterocycles. The molecule has 0 saturated carbocycles. The molecule has 0 aliphatic rings. The van der Waals surface area contributed by atoms with Crippen molar-refractivity contribution in [2.45, 2.75) is 57.4 Å². The predicted octanol–water partition coefficient (Wildman–Crippen LogP) is 6.69. The van der Waals surface area contributed by atoms with Crippen molar-refractivity contribution in [3.63, 3.8) is 0 Å². The molecule has 3 heterocycles. The van der Waals surface area contributed by atoms with Crippen LogP contribution in [-0.4, -0.2) is 45.6 Å². The molecule has 4 N–H and O–H groups in total. The number of benzene rings is 2. The zero-order valence-electron chi connectivity index (χ0n) is 25.7. The number of aromatic nitrogens is 5. The molecule has 248 valence electrons. The van der Waals surface area contributed by atoms with E-state index in [1.165, 1.54) is 18.2 Å². The largest absolute Gasteiger partial charge is 0.484 e. The Hall–Kier alpha value is -4.92. The van der Waals surface area contributed by atoms with Gasteiger partial charge in [-0.15, -0.1) is 0 Å². The van der Waals surface area contributed by atoms with E-state index in [1.807, 2.05) is 10.9 Å². The van der Waals surface area contributed by atoms with E-state index in [4.69, 9.17) is 20.7 Å². The van der Waals surface area contributed by atoms with Crippen LogP contribution in [0.25, 0.3) is 33.3 Å². The molecule has 2 unspecified atom stereocenters. The number of alkyl halides is 2. The Bertz CT molecular complexity index is 1900. The second-order valence-electron chi connectivity index (χ2n) is 11.0. The summed E-state index contributed by atoms with van der Waals surface area (Å²) in [5.74, 6) is -3.98. The van der Waals surface area contributed by atoms with Gasteiger partial charge in [-0.3, -0.25) is 18.9 Å². The van der Waals surface area contributed by atoms with Crippen LogP contribution >= 0.6 is 0 Å². The Morgan fingerprint density at radius 2 is 1.83 bits per heavy atom. The predicted molar refractivity (Wildman–Crippen MR) is 174 cm³/mol. The minimum absolute atomic E-state index is 0.0719. The molecule has 2 aromatic carbocycles. The fourth-order valence-corrected chi connectivity index (χ4v) is 5.75. The van der Waals surface area contributed by atoms with Crippen LogP contribution in [0.5, 0.6) is 5.75 Å². The summed E-state index contributed by atoms with van der Waals surface area (Å²) in [6.07, 6.45) is 8.07. The third-order valence-electron chi connectivity index (χ3n) is 7.63. The summed E-state index contributed by atoms with van der Waals surface area (Å²) in [6.45, 7) is 2.39. The van der Waals surface area contributed by atoms with Gasteiger partial charge >= 0.3 is 11.7 Å². The number of nitrogens with two attached hydrogens (primary N) is 1. The van der Waals surface area contributed by atoms with Crippen molar-refractivity contribution in [2.75, 3.05) is 10.5 Å². The van der Waals surface area contributed by atoms with Crippen LogP contribution in [0.1, 0.15) is 50.7 Å². The van der Waals surface area contributed by atoms with Crippen molar-refractivity contribution in [2.24, 2.45) is 7.05 Å². The van der Waals surface area contributed by atoms with Gasteiger partial charge in [0.1, 0.15) is 29.2 Å². The van der Waals surface area contributed by atoms with Gasteiger partial charge in [0, 0.05) is 49.1 Å². The summed E-state index contributed by atoms with van der Waals surface area (Å²) in [4.78, 5) is 15.1. The van der Waals surface area contributed by atoms with Gasteiger partial charge in [0.15, 0.2) is 11.0 Å². The summed E-state index contributed by atoms with van der Waals surface area (Å²) < 4.78 is 63.9. The van der Waals surface area contributed by atoms with Gasteiger partial charge in [-0.05, 0) is 49.6 Å². The van der Waals surface area contributed by atoms with Crippen molar-refractivity contribution in [3.05, 3.63) is 72.4 Å². The number of anilines is 2. The lowest BCUT2D eigenvalue weighted by Gasteiger charge is -2.19. The van der Waals surface area contributed by atoms with Gasteiger partial charge in [0.25, 0.3) is 0 Å². The van der Waals surface area contributed by atoms with Gasteiger partial charge < -0.3 is 15.6 Å². The lowest BCUT2D eigenvalue weighted by Crippen LogP contribution is -2.14. The highest BCUT2D eigenvalue weighted by Gasteiger charge is 2.22. The Labute approximate surface area is 271 Å². The number of hydrogen-bond donors (Lipinski definition) is 3. The maximum Gasteiger partial charge on any atom is 0.330 e. The maximum atomic E-state index is 13.5. The third kappa shape index (κ3) is 7.91. The smallest absolute Gasteiger partial charge is 0.330 e. The van der Waals surface area contributed by atoms with Crippen molar-refractivity contribution in [1.29, 1.82) is 0 Å². The zero-order valence-corrected chi connectivity index (χ0v) is 26.5. The fourth-order valence-electron chi connectivity index (χ4n) is 5.27. The summed E-state index contributed by atoms with van der Waals surface area (Å²) in [5, 5.41) is 18.6. The second kappa shape index (κ2) is 14.7. The van der Waals surface area contributed by atoms with Crippen molar-refractivity contribution >= 4 is 39.4 Å². The van der Waals surface area contributed by atoms with E-state index >= 15 is 0 Å². The van der Waals surface area contributed by atoms with Crippen LogP contribution in [0.15, 0.2) is 61.1 Å². The Morgan fingerprint density at radius 1 is 1.09 bits per heavy atom. The molecule has 0 spiro atoms. The summed E-state index contributed by atoms with van der Waals surface area (Å²) in [5.41, 5.74) is 10.4. The summed E-state index contributed by atoms with van der Waals surface area (Å²) in [6, 6.07) is 10.4. The number of fused-ring (bicyclic) bond motifs is 1. The number of nitrogens with one attached hydrogen (secondary N) is 1. The van der Waals surface area contributed by atoms with Gasteiger partial charge in [-0.25, -0.2) is 13.6 Å². The SMILES string of the molecule is CC(Oc1cc(-c2nn(C)c3c(-c4cnn(CCCCCCC(=O)O)c4)cnc(N)c23)ccc1NS(=O)C(F)F)c1ccc(F)cc1. The van der Waals surface area contributed by atoms with E-state index in [9.17, 15) is 22.2 Å². The molecule has 0 radical (unpaired) electrons. The quantitative estimate of drug-likeness (QED) is 0.104.